The summed E-state index contributed by atoms with van der Waals surface area (Å²) >= 11 is 0. The molecular weight excluding hydrogens is 795 g/mol. The Morgan fingerprint density at radius 2 is 1.54 bits per heavy atom. The second-order valence-corrected chi connectivity index (χ2v) is 17.1. The zero-order valence-corrected chi connectivity index (χ0v) is 34.9. The number of amides is 7. The van der Waals surface area contributed by atoms with Crippen molar-refractivity contribution in [1.82, 2.24) is 30.7 Å². The SMILES string of the molecule is C[C@H]1C[C@H]2C(=O)O[C@@H](C)[C@H](NC(=O)[C@H](Cc3cc(F)cc(F)c3)NC(=O)Nc3ccc4c(c3)CCN4C)C(=O)N3CCC[C@H]3C(=O)N3CCCC[C@H]3C(=O)N[C@@H](C)C(=O)N2C1. The van der Waals surface area contributed by atoms with Crippen molar-refractivity contribution in [2.45, 2.75) is 114 Å². The van der Waals surface area contributed by atoms with Crippen molar-refractivity contribution in [3.05, 3.63) is 59.2 Å². The summed E-state index contributed by atoms with van der Waals surface area (Å²) in [6.07, 6.45) is 1.58. The minimum atomic E-state index is -1.62. The molecule has 8 atom stereocenters. The van der Waals surface area contributed by atoms with Crippen LogP contribution in [0.3, 0.4) is 0 Å². The minimum absolute atomic E-state index is 0.0296. The van der Waals surface area contributed by atoms with E-state index in [0.717, 1.165) is 36.3 Å². The van der Waals surface area contributed by atoms with E-state index in [2.05, 4.69) is 26.2 Å². The van der Waals surface area contributed by atoms with Gasteiger partial charge in [-0.05, 0) is 106 Å². The molecule has 328 valence electrons. The molecule has 5 aliphatic heterocycles. The Hall–Kier alpha value is -5.81. The van der Waals surface area contributed by atoms with E-state index in [0.29, 0.717) is 37.4 Å². The Kier molecular flexibility index (Phi) is 12.8. The predicted octanol–water partition coefficient (Wildman–Crippen LogP) is 2.23. The van der Waals surface area contributed by atoms with Gasteiger partial charge in [0, 0.05) is 57.1 Å². The summed E-state index contributed by atoms with van der Waals surface area (Å²) in [5.74, 6) is -5.93. The number of hydrogen-bond donors (Lipinski definition) is 4. The van der Waals surface area contributed by atoms with E-state index >= 15 is 0 Å². The second kappa shape index (κ2) is 18.0. The molecule has 16 nitrogen and oxygen atoms in total. The standard InChI is InChI=1S/C43H54F2N8O8/c1-23-16-35-42(59)61-25(3)36(41(58)52-14-7-9-34(52)40(57)51-13-6-5-8-33(51)38(55)46-24(2)39(56)53(35)22-23)49-37(54)31(19-26-17-28(44)21-29(45)18-26)48-43(60)47-30-10-11-32-27(20-30)12-15-50(32)4/h10-11,17-18,20-21,23-25,31,33-36H,5-9,12-16,19,22H2,1-4H3,(H,46,55)(H,49,54)(H2,47,48,60)/t23-,24-,25-,31-,33-,34-,35-,36-/m0/s1. The van der Waals surface area contributed by atoms with Crippen molar-refractivity contribution < 1.29 is 47.1 Å². The highest BCUT2D eigenvalue weighted by Gasteiger charge is 2.47. The Labute approximate surface area is 353 Å². The maximum Gasteiger partial charge on any atom is 0.329 e. The van der Waals surface area contributed by atoms with Gasteiger partial charge in [0.05, 0.1) is 0 Å². The van der Waals surface area contributed by atoms with Crippen LogP contribution in [0.1, 0.15) is 70.4 Å². The van der Waals surface area contributed by atoms with Crippen LogP contribution < -0.4 is 26.2 Å². The number of carbonyl (C=O) groups excluding carboxylic acids is 7. The van der Waals surface area contributed by atoms with Crippen LogP contribution in [0.15, 0.2) is 36.4 Å². The van der Waals surface area contributed by atoms with Crippen LogP contribution in [0.5, 0.6) is 0 Å². The molecule has 0 aromatic heterocycles. The number of urea groups is 1. The van der Waals surface area contributed by atoms with Crippen molar-refractivity contribution in [2.75, 3.05) is 43.4 Å². The summed E-state index contributed by atoms with van der Waals surface area (Å²) in [5, 5.41) is 10.7. The molecule has 0 unspecified atom stereocenters. The Bertz CT molecular complexity index is 2070. The van der Waals surface area contributed by atoms with Gasteiger partial charge in [-0.1, -0.05) is 6.92 Å². The van der Waals surface area contributed by atoms with Gasteiger partial charge >= 0.3 is 12.0 Å². The number of benzene rings is 2. The fourth-order valence-corrected chi connectivity index (χ4v) is 9.37. The average Bonchev–Trinajstić information content (AvgIpc) is 3.96. The van der Waals surface area contributed by atoms with Crippen LogP contribution in [-0.2, 0) is 46.3 Å². The number of esters is 1. The molecule has 2 aromatic rings. The molecule has 7 rings (SSSR count). The van der Waals surface area contributed by atoms with E-state index in [1.807, 2.05) is 26.1 Å². The Balaban J connectivity index is 1.20. The van der Waals surface area contributed by atoms with Crippen molar-refractivity contribution in [2.24, 2.45) is 5.92 Å². The molecule has 0 bridgehead atoms. The largest absolute Gasteiger partial charge is 0.458 e. The van der Waals surface area contributed by atoms with Gasteiger partial charge < -0.3 is 45.6 Å². The monoisotopic (exact) mass is 848 g/mol. The lowest BCUT2D eigenvalue weighted by Gasteiger charge is -2.39. The number of ether oxygens (including phenoxy) is 1. The van der Waals surface area contributed by atoms with Gasteiger partial charge in [-0.2, -0.15) is 0 Å². The number of likely N-dealkylation sites (N-methyl/N-ethyl adjacent to an activating group) is 1. The van der Waals surface area contributed by atoms with Gasteiger partial charge in [-0.3, -0.25) is 24.0 Å². The van der Waals surface area contributed by atoms with Crippen molar-refractivity contribution in [1.29, 1.82) is 0 Å². The first-order valence-electron chi connectivity index (χ1n) is 21.2. The Morgan fingerprint density at radius 3 is 2.30 bits per heavy atom. The van der Waals surface area contributed by atoms with Crippen LogP contribution in [0, 0.1) is 17.6 Å². The topological polar surface area (TPSA) is 190 Å². The summed E-state index contributed by atoms with van der Waals surface area (Å²) in [6, 6.07) is 0.159. The van der Waals surface area contributed by atoms with E-state index in [-0.39, 0.29) is 44.0 Å². The Morgan fingerprint density at radius 1 is 0.836 bits per heavy atom. The molecular formula is C43H54F2N8O8. The smallest absolute Gasteiger partial charge is 0.329 e. The molecule has 61 heavy (non-hydrogen) atoms. The molecule has 0 radical (unpaired) electrons. The number of fused-ring (bicyclic) bond motifs is 4. The van der Waals surface area contributed by atoms with Gasteiger partial charge in [-0.15, -0.1) is 0 Å². The van der Waals surface area contributed by atoms with Gasteiger partial charge in [-0.25, -0.2) is 18.4 Å². The third-order valence-electron chi connectivity index (χ3n) is 12.5. The number of rotatable bonds is 6. The van der Waals surface area contributed by atoms with E-state index in [1.165, 1.54) is 28.5 Å². The van der Waals surface area contributed by atoms with Crippen LogP contribution in [0.25, 0.3) is 0 Å². The van der Waals surface area contributed by atoms with Crippen molar-refractivity contribution in [3.8, 4) is 0 Å². The number of halogens is 2. The molecule has 5 heterocycles. The fourth-order valence-electron chi connectivity index (χ4n) is 9.37. The maximum absolute atomic E-state index is 14.8. The number of carbonyl (C=O) groups is 7. The van der Waals surface area contributed by atoms with Crippen LogP contribution >= 0.6 is 0 Å². The molecule has 18 heteroatoms. The van der Waals surface area contributed by atoms with Gasteiger partial charge in [0.25, 0.3) is 0 Å². The second-order valence-electron chi connectivity index (χ2n) is 17.1. The van der Waals surface area contributed by atoms with E-state index in [9.17, 15) is 42.3 Å². The predicted molar refractivity (Wildman–Crippen MR) is 218 cm³/mol. The lowest BCUT2D eigenvalue weighted by Crippen LogP contribution is -2.63. The quantitative estimate of drug-likeness (QED) is 0.316. The van der Waals surface area contributed by atoms with E-state index in [4.69, 9.17) is 4.74 Å². The maximum atomic E-state index is 14.8. The number of hydrogen-bond acceptors (Lipinski definition) is 9. The first kappa shape index (κ1) is 43.3. The lowest BCUT2D eigenvalue weighted by atomic mass is 9.99. The molecule has 5 aliphatic rings. The molecule has 0 aliphatic carbocycles. The first-order chi connectivity index (χ1) is 29.1. The third kappa shape index (κ3) is 9.42. The first-order valence-corrected chi connectivity index (χ1v) is 21.2. The summed E-state index contributed by atoms with van der Waals surface area (Å²) < 4.78 is 34.8. The zero-order valence-electron chi connectivity index (χ0n) is 34.9. The number of cyclic esters (lactones) is 1. The number of anilines is 2. The molecule has 4 saturated heterocycles. The highest BCUT2D eigenvalue weighted by molar-refractivity contribution is 5.99. The lowest BCUT2D eigenvalue weighted by molar-refractivity contribution is -0.163. The van der Waals surface area contributed by atoms with Crippen molar-refractivity contribution >= 4 is 52.9 Å². The molecule has 2 aromatic carbocycles. The fraction of sp³-hybridized carbons (Fsp3) is 0.558. The molecule has 4 N–H and O–H groups in total. The van der Waals surface area contributed by atoms with Crippen LogP contribution in [-0.4, -0.2) is 132 Å². The number of piperidine rings is 1. The highest BCUT2D eigenvalue weighted by atomic mass is 19.1. The van der Waals surface area contributed by atoms with Crippen molar-refractivity contribution in [3.63, 3.8) is 0 Å². The van der Waals surface area contributed by atoms with Gasteiger partial charge in [0.1, 0.15) is 54.0 Å². The molecule has 0 spiro atoms. The third-order valence-corrected chi connectivity index (χ3v) is 12.5. The zero-order chi connectivity index (χ0) is 43.7. The molecule has 4 fully saturated rings. The van der Waals surface area contributed by atoms with Crippen LogP contribution in [0.2, 0.25) is 0 Å². The van der Waals surface area contributed by atoms with Gasteiger partial charge in [0.15, 0.2) is 0 Å². The summed E-state index contributed by atoms with van der Waals surface area (Å²) in [4.78, 5) is 105. The van der Waals surface area contributed by atoms with Gasteiger partial charge in [0.2, 0.25) is 29.5 Å². The van der Waals surface area contributed by atoms with Crippen LogP contribution in [0.4, 0.5) is 25.0 Å². The average molecular weight is 849 g/mol. The number of nitrogens with zero attached hydrogens (tertiary/aromatic N) is 4. The highest BCUT2D eigenvalue weighted by Crippen LogP contribution is 2.31. The van der Waals surface area contributed by atoms with E-state index in [1.54, 1.807) is 6.07 Å². The summed E-state index contributed by atoms with van der Waals surface area (Å²) in [6.45, 7) is 6.20. The minimum Gasteiger partial charge on any atom is -0.458 e. The number of nitrogens with one attached hydrogen (secondary N) is 4. The summed E-state index contributed by atoms with van der Waals surface area (Å²) in [5.41, 5.74) is 2.50. The normalized spacial score (nSPS) is 27.7. The molecule has 7 amide bonds. The molecule has 0 saturated carbocycles. The summed E-state index contributed by atoms with van der Waals surface area (Å²) in [7, 11) is 1.96. The van der Waals surface area contributed by atoms with E-state index < -0.39 is 102 Å².